The van der Waals surface area contributed by atoms with Crippen molar-refractivity contribution in [2.75, 3.05) is 23.7 Å². The molecule has 1 aromatic carbocycles. The van der Waals surface area contributed by atoms with E-state index in [1.165, 1.54) is 18.3 Å². The number of aryl methyl sites for hydroxylation is 2. The molecule has 0 saturated carbocycles. The Kier molecular flexibility index (Phi) is 9.63. The van der Waals surface area contributed by atoms with Crippen molar-refractivity contribution in [2.45, 2.75) is 45.4 Å². The molecule has 1 fully saturated rings. The second-order valence-corrected chi connectivity index (χ2v) is 9.78. The number of benzene rings is 1. The predicted octanol–water partition coefficient (Wildman–Crippen LogP) is 1.81. The first-order chi connectivity index (χ1) is 17.6. The monoisotopic (exact) mass is 533 g/mol. The molecule has 0 atom stereocenters. The molecule has 0 aliphatic carbocycles. The van der Waals surface area contributed by atoms with E-state index < -0.39 is 18.5 Å². The van der Waals surface area contributed by atoms with Crippen molar-refractivity contribution in [2.24, 2.45) is 11.7 Å². The molecule has 37 heavy (non-hydrogen) atoms. The van der Waals surface area contributed by atoms with Crippen molar-refractivity contribution >= 4 is 46.2 Å². The van der Waals surface area contributed by atoms with E-state index in [1.54, 1.807) is 12.1 Å². The van der Waals surface area contributed by atoms with Gasteiger partial charge in [-0.2, -0.15) is 0 Å². The largest absolute Gasteiger partial charge is 0.465 e. The second kappa shape index (κ2) is 12.9. The zero-order valence-corrected chi connectivity index (χ0v) is 21.1. The van der Waals surface area contributed by atoms with Crippen LogP contribution < -0.4 is 27.0 Å². The molecule has 2 aromatic rings. The molecule has 1 aliphatic heterocycles. The zero-order valence-electron chi connectivity index (χ0n) is 20.3. The topological polar surface area (TPSA) is 199 Å². The average molecular weight is 534 g/mol. The highest BCUT2D eigenvalue weighted by Gasteiger charge is 2.24. The number of nitrogens with one attached hydrogen (secondary N) is 4. The van der Waals surface area contributed by atoms with E-state index in [4.69, 9.17) is 15.9 Å². The summed E-state index contributed by atoms with van der Waals surface area (Å²) in [6.45, 7) is 3.65. The Bertz CT molecular complexity index is 1100. The summed E-state index contributed by atoms with van der Waals surface area (Å²) in [7, 11) is 0. The van der Waals surface area contributed by atoms with Crippen LogP contribution in [0.15, 0.2) is 24.3 Å². The molecule has 0 unspecified atom stereocenters. The number of aromatic nitrogens is 1. The summed E-state index contributed by atoms with van der Waals surface area (Å²) in [5.74, 6) is -0.524. The SMILES string of the molecule is CC(=O)Nc1nc(CCc2ccc(NC(NC(=O)O)NC(=O)O)cc2)c(CN2CCC(C(N)=O)CC2)s1. The first-order valence-corrected chi connectivity index (χ1v) is 12.5. The number of rotatable bonds is 11. The highest BCUT2D eigenvalue weighted by molar-refractivity contribution is 7.15. The van der Waals surface area contributed by atoms with Crippen LogP contribution in [-0.2, 0) is 29.0 Å². The van der Waals surface area contributed by atoms with Crippen molar-refractivity contribution in [3.63, 3.8) is 0 Å². The number of carbonyl (C=O) groups excluding carboxylic acids is 2. The van der Waals surface area contributed by atoms with Crippen LogP contribution in [0.1, 0.15) is 35.9 Å². The lowest BCUT2D eigenvalue weighted by Crippen LogP contribution is -2.52. The fraction of sp³-hybridized carbons (Fsp3) is 0.435. The van der Waals surface area contributed by atoms with Crippen LogP contribution in [-0.4, -0.2) is 63.5 Å². The fourth-order valence-corrected chi connectivity index (χ4v) is 5.13. The van der Waals surface area contributed by atoms with Gasteiger partial charge in [0.1, 0.15) is 0 Å². The first-order valence-electron chi connectivity index (χ1n) is 11.7. The maximum atomic E-state index is 11.6. The highest BCUT2D eigenvalue weighted by Crippen LogP contribution is 2.28. The molecule has 1 aliphatic rings. The van der Waals surface area contributed by atoms with Gasteiger partial charge < -0.3 is 26.6 Å². The number of likely N-dealkylation sites (tertiary alicyclic amines) is 1. The van der Waals surface area contributed by atoms with E-state index >= 15 is 0 Å². The minimum atomic E-state index is -1.38. The van der Waals surface area contributed by atoms with Crippen LogP contribution >= 0.6 is 11.3 Å². The predicted molar refractivity (Wildman–Crippen MR) is 137 cm³/mol. The number of nitrogens with zero attached hydrogens (tertiary/aromatic N) is 2. The van der Waals surface area contributed by atoms with Gasteiger partial charge in [0, 0.05) is 30.0 Å². The normalized spacial score (nSPS) is 14.2. The van der Waals surface area contributed by atoms with Crippen molar-refractivity contribution in [3.05, 3.63) is 40.4 Å². The van der Waals surface area contributed by atoms with Crippen LogP contribution in [0.2, 0.25) is 0 Å². The van der Waals surface area contributed by atoms with Crippen LogP contribution in [0.5, 0.6) is 0 Å². The molecule has 0 bridgehead atoms. The maximum Gasteiger partial charge on any atom is 0.407 e. The van der Waals surface area contributed by atoms with Gasteiger partial charge in [0.2, 0.25) is 11.8 Å². The van der Waals surface area contributed by atoms with E-state index in [1.807, 2.05) is 22.8 Å². The Balaban J connectivity index is 1.63. The van der Waals surface area contributed by atoms with Gasteiger partial charge in [-0.25, -0.2) is 14.6 Å². The van der Waals surface area contributed by atoms with Crippen molar-refractivity contribution in [3.8, 4) is 0 Å². The van der Waals surface area contributed by atoms with Gasteiger partial charge in [0.05, 0.1) is 5.69 Å². The summed E-state index contributed by atoms with van der Waals surface area (Å²) in [6.07, 6.45) is -1.20. The van der Waals surface area contributed by atoms with Crippen molar-refractivity contribution < 1.29 is 29.4 Å². The number of carbonyl (C=O) groups is 4. The Morgan fingerprint density at radius 1 is 1.08 bits per heavy atom. The zero-order chi connectivity index (χ0) is 26.9. The quantitative estimate of drug-likeness (QED) is 0.210. The van der Waals surface area contributed by atoms with Gasteiger partial charge in [-0.3, -0.25) is 25.1 Å². The number of nitrogens with two attached hydrogens (primary N) is 1. The minimum Gasteiger partial charge on any atom is -0.465 e. The molecule has 1 saturated heterocycles. The van der Waals surface area contributed by atoms with Gasteiger partial charge in [0.15, 0.2) is 11.4 Å². The number of hydrogen-bond donors (Lipinski definition) is 7. The van der Waals surface area contributed by atoms with Gasteiger partial charge in [-0.05, 0) is 56.5 Å². The highest BCUT2D eigenvalue weighted by atomic mass is 32.1. The molecule has 1 aromatic heterocycles. The molecule has 4 amide bonds. The Hall–Kier alpha value is -3.91. The molecule has 2 heterocycles. The van der Waals surface area contributed by atoms with Crippen LogP contribution in [0.3, 0.4) is 0 Å². The summed E-state index contributed by atoms with van der Waals surface area (Å²) < 4.78 is 0. The molecule has 200 valence electrons. The van der Waals surface area contributed by atoms with Crippen LogP contribution in [0.25, 0.3) is 0 Å². The Morgan fingerprint density at radius 3 is 2.24 bits per heavy atom. The second-order valence-electron chi connectivity index (χ2n) is 8.70. The fourth-order valence-electron chi connectivity index (χ4n) is 4.04. The van der Waals surface area contributed by atoms with E-state index in [2.05, 4.69) is 20.5 Å². The van der Waals surface area contributed by atoms with Crippen LogP contribution in [0, 0.1) is 5.92 Å². The summed E-state index contributed by atoms with van der Waals surface area (Å²) >= 11 is 1.45. The third kappa shape index (κ3) is 8.91. The van der Waals surface area contributed by atoms with Gasteiger partial charge in [-0.15, -0.1) is 11.3 Å². The first kappa shape index (κ1) is 27.7. The van der Waals surface area contributed by atoms with Gasteiger partial charge >= 0.3 is 12.2 Å². The standard InChI is InChI=1S/C23H31N7O6S/c1-13(31)25-21-27-17(18(37-21)12-30-10-8-15(9-11-30)19(24)32)7-4-14-2-5-16(6-3-14)26-20(28-22(33)34)29-23(35)36/h2-3,5-6,15,20,26,28-29H,4,7-12H2,1H3,(H2,24,32)(H,33,34)(H,35,36)(H,25,27,31). The van der Waals surface area contributed by atoms with E-state index in [0.29, 0.717) is 30.2 Å². The third-order valence-corrected chi connectivity index (χ3v) is 6.87. The van der Waals surface area contributed by atoms with Gasteiger partial charge in [-0.1, -0.05) is 12.1 Å². The maximum absolute atomic E-state index is 11.6. The third-order valence-electron chi connectivity index (χ3n) is 5.87. The van der Waals surface area contributed by atoms with E-state index in [-0.39, 0.29) is 17.7 Å². The summed E-state index contributed by atoms with van der Waals surface area (Å²) in [6, 6.07) is 7.17. The number of thiazole rings is 1. The summed E-state index contributed by atoms with van der Waals surface area (Å²) in [4.78, 5) is 52.7. The average Bonchev–Trinajstić information content (AvgIpc) is 3.18. The Morgan fingerprint density at radius 2 is 1.70 bits per heavy atom. The molecular formula is C23H31N7O6S. The lowest BCUT2D eigenvalue weighted by molar-refractivity contribution is -0.123. The van der Waals surface area contributed by atoms with Crippen LogP contribution in [0.4, 0.5) is 20.4 Å². The van der Waals surface area contributed by atoms with Crippen molar-refractivity contribution in [1.82, 2.24) is 20.5 Å². The molecule has 0 radical (unpaired) electrons. The minimum absolute atomic E-state index is 0.0836. The molecule has 0 spiro atoms. The van der Waals surface area contributed by atoms with Crippen molar-refractivity contribution in [1.29, 1.82) is 0 Å². The number of piperidine rings is 1. The molecular weight excluding hydrogens is 502 g/mol. The molecule has 8 N–H and O–H groups in total. The smallest absolute Gasteiger partial charge is 0.407 e. The number of anilines is 2. The number of hydrogen-bond acceptors (Lipinski definition) is 8. The molecule has 3 rings (SSSR count). The van der Waals surface area contributed by atoms with E-state index in [0.717, 1.165) is 42.1 Å². The summed E-state index contributed by atoms with van der Waals surface area (Å²) in [5, 5.41) is 27.9. The number of carboxylic acid groups (broad SMARTS) is 2. The summed E-state index contributed by atoms with van der Waals surface area (Å²) in [5.41, 5.74) is 7.86. The lowest BCUT2D eigenvalue weighted by Gasteiger charge is -2.30. The number of amides is 4. The molecule has 13 nitrogen and oxygen atoms in total. The Labute approximate surface area is 217 Å². The lowest BCUT2D eigenvalue weighted by atomic mass is 9.96. The van der Waals surface area contributed by atoms with E-state index in [9.17, 15) is 19.2 Å². The number of primary amides is 1. The van der Waals surface area contributed by atoms with Gasteiger partial charge in [0.25, 0.3) is 0 Å². The molecule has 14 heteroatoms.